The highest BCUT2D eigenvalue weighted by Crippen LogP contribution is 2.39. The Kier molecular flexibility index (Phi) is 6.84. The van der Waals surface area contributed by atoms with E-state index in [2.05, 4.69) is 53.2 Å². The maximum atomic E-state index is 14.2. The van der Waals surface area contributed by atoms with Crippen LogP contribution in [-0.2, 0) is 10.1 Å². The number of anilines is 2. The number of fused-ring (bicyclic) bond motifs is 1. The van der Waals surface area contributed by atoms with Gasteiger partial charge in [0.25, 0.3) is 0 Å². The lowest BCUT2D eigenvalue weighted by Crippen LogP contribution is -2.45. The van der Waals surface area contributed by atoms with Gasteiger partial charge in [0, 0.05) is 30.0 Å². The van der Waals surface area contributed by atoms with Crippen LogP contribution in [-0.4, -0.2) is 36.0 Å². The summed E-state index contributed by atoms with van der Waals surface area (Å²) in [6.07, 6.45) is 7.67. The van der Waals surface area contributed by atoms with Crippen molar-refractivity contribution in [2.45, 2.75) is 63.2 Å². The first-order valence-electron chi connectivity index (χ1n) is 12.2. The lowest BCUT2D eigenvalue weighted by Gasteiger charge is -2.33. The van der Waals surface area contributed by atoms with Gasteiger partial charge in [-0.25, -0.2) is 9.80 Å². The maximum absolute atomic E-state index is 14.2. The van der Waals surface area contributed by atoms with E-state index in [1.165, 1.54) is 24.8 Å². The highest BCUT2D eigenvalue weighted by Gasteiger charge is 2.37. The zero-order valence-electron chi connectivity index (χ0n) is 19.3. The minimum Gasteiger partial charge on any atom is -0.381 e. The summed E-state index contributed by atoms with van der Waals surface area (Å²) < 4.78 is 5.61. The van der Waals surface area contributed by atoms with Crippen molar-refractivity contribution < 1.29 is 9.53 Å². The van der Waals surface area contributed by atoms with E-state index in [0.29, 0.717) is 19.1 Å². The van der Waals surface area contributed by atoms with Gasteiger partial charge in [-0.1, -0.05) is 59.5 Å². The third-order valence-corrected chi connectivity index (χ3v) is 7.80. The second-order valence-corrected chi connectivity index (χ2v) is 10.0. The molecule has 1 saturated carbocycles. The number of carbonyl (C=O) groups excluding carboxylic acids is 1. The van der Waals surface area contributed by atoms with Gasteiger partial charge in [-0.2, -0.15) is 5.10 Å². The van der Waals surface area contributed by atoms with Crippen molar-refractivity contribution in [3.05, 3.63) is 59.2 Å². The second kappa shape index (κ2) is 9.98. The number of hydrogen-bond donors (Lipinski definition) is 0. The van der Waals surface area contributed by atoms with Gasteiger partial charge < -0.3 is 4.74 Å². The van der Waals surface area contributed by atoms with E-state index in [4.69, 9.17) is 9.84 Å². The number of carbonyl (C=O) groups is 1. The van der Waals surface area contributed by atoms with Crippen molar-refractivity contribution in [2.75, 3.05) is 18.1 Å². The Labute approximate surface area is 204 Å². The van der Waals surface area contributed by atoms with Gasteiger partial charge in [-0.15, -0.1) is 0 Å². The predicted octanol–water partition coefficient (Wildman–Crippen LogP) is 6.93. The molecule has 0 unspecified atom stereocenters. The van der Waals surface area contributed by atoms with Crippen LogP contribution in [0, 0.1) is 12.8 Å². The zero-order chi connectivity index (χ0) is 22.8. The molecule has 2 fully saturated rings. The molecule has 0 N–H and O–H groups in total. The van der Waals surface area contributed by atoms with Crippen LogP contribution in [0.2, 0.25) is 0 Å². The third-order valence-electron chi connectivity index (χ3n) is 7.15. The largest absolute Gasteiger partial charge is 0.381 e. The van der Waals surface area contributed by atoms with Gasteiger partial charge in [-0.05, 0) is 61.9 Å². The zero-order valence-corrected chi connectivity index (χ0v) is 20.9. The van der Waals surface area contributed by atoms with Gasteiger partial charge in [0.15, 0.2) is 0 Å². The van der Waals surface area contributed by atoms with Crippen LogP contribution in [0.25, 0.3) is 0 Å². The third kappa shape index (κ3) is 4.60. The number of nitrogens with zero attached hydrogens (tertiary/aromatic N) is 3. The molecular weight excluding hydrogens is 478 g/mol. The number of rotatable bonds is 4. The van der Waals surface area contributed by atoms with Crippen molar-refractivity contribution in [1.29, 1.82) is 0 Å². The van der Waals surface area contributed by atoms with Crippen molar-refractivity contribution in [3.63, 3.8) is 0 Å². The molecular formula is C27H32BrN3O2. The highest BCUT2D eigenvalue weighted by atomic mass is 79.9. The summed E-state index contributed by atoms with van der Waals surface area (Å²) in [5.41, 5.74) is 6.35. The average molecular weight is 510 g/mol. The number of hydrogen-bond acceptors (Lipinski definition) is 3. The molecule has 0 radical (unpaired) electrons. The molecule has 2 aliphatic heterocycles. The summed E-state index contributed by atoms with van der Waals surface area (Å²) in [5, 5.41) is 7.76. The van der Waals surface area contributed by atoms with Crippen LogP contribution in [0.1, 0.15) is 61.6 Å². The Bertz CT molecular complexity index is 1020. The van der Waals surface area contributed by atoms with E-state index in [1.54, 1.807) is 5.01 Å². The molecule has 174 valence electrons. The monoisotopic (exact) mass is 509 g/mol. The van der Waals surface area contributed by atoms with Crippen LogP contribution in [0.4, 0.5) is 16.2 Å². The van der Waals surface area contributed by atoms with Crippen molar-refractivity contribution >= 4 is 39.0 Å². The van der Waals surface area contributed by atoms with E-state index < -0.39 is 0 Å². The summed E-state index contributed by atoms with van der Waals surface area (Å²) in [6, 6.07) is 14.7. The molecule has 2 aromatic rings. The Morgan fingerprint density at radius 1 is 1.00 bits per heavy atom. The maximum Gasteiger partial charge on any atom is 0.349 e. The molecule has 5 rings (SSSR count). The van der Waals surface area contributed by atoms with Crippen LogP contribution in [0.5, 0.6) is 0 Å². The molecule has 0 aromatic heterocycles. The van der Waals surface area contributed by atoms with Crippen LogP contribution >= 0.6 is 15.9 Å². The van der Waals surface area contributed by atoms with E-state index in [1.807, 2.05) is 17.0 Å². The molecule has 0 atom stereocenters. The number of aryl methyl sites for hydroxylation is 1. The first kappa shape index (κ1) is 22.6. The number of benzene rings is 2. The molecule has 1 aliphatic carbocycles. The molecule has 0 spiro atoms. The minimum absolute atomic E-state index is 0.0598. The van der Waals surface area contributed by atoms with E-state index in [0.717, 1.165) is 59.2 Å². The second-order valence-electron chi connectivity index (χ2n) is 9.45. The number of urea groups is 1. The van der Waals surface area contributed by atoms with Crippen molar-refractivity contribution in [1.82, 2.24) is 5.01 Å². The number of hydrazone groups is 1. The van der Waals surface area contributed by atoms with Gasteiger partial charge >= 0.3 is 6.03 Å². The quantitative estimate of drug-likeness (QED) is 0.419. The van der Waals surface area contributed by atoms with E-state index in [-0.39, 0.29) is 12.1 Å². The Morgan fingerprint density at radius 2 is 1.73 bits per heavy atom. The van der Waals surface area contributed by atoms with Gasteiger partial charge in [0.1, 0.15) is 0 Å². The Morgan fingerprint density at radius 3 is 2.42 bits per heavy atom. The number of ether oxygens (including phenoxy) is 1. The van der Waals surface area contributed by atoms with Gasteiger partial charge in [-0.3, -0.25) is 4.90 Å². The van der Waals surface area contributed by atoms with Gasteiger partial charge in [0.05, 0.1) is 23.1 Å². The fourth-order valence-corrected chi connectivity index (χ4v) is 5.66. The molecule has 6 heteroatoms. The van der Waals surface area contributed by atoms with E-state index in [9.17, 15) is 4.79 Å². The molecule has 3 aliphatic rings. The lowest BCUT2D eigenvalue weighted by atomic mass is 9.82. The van der Waals surface area contributed by atoms with Crippen molar-refractivity contribution in [3.8, 4) is 0 Å². The Balaban J connectivity index is 1.66. The SMILES string of the molecule is Cc1ccc2c(c1)N(c1ccc(CBr)cc1)C(=O)N(C1CCOCC1)N=C2C1CCCCC1. The molecule has 33 heavy (non-hydrogen) atoms. The summed E-state index contributed by atoms with van der Waals surface area (Å²) in [4.78, 5) is 16.1. The molecule has 2 heterocycles. The number of halogens is 1. The fourth-order valence-electron chi connectivity index (χ4n) is 5.29. The summed E-state index contributed by atoms with van der Waals surface area (Å²) in [6.45, 7) is 3.44. The molecule has 5 nitrogen and oxygen atoms in total. The first-order valence-corrected chi connectivity index (χ1v) is 13.3. The fraction of sp³-hybridized carbons (Fsp3) is 0.481. The average Bonchev–Trinajstić information content (AvgIpc) is 2.99. The van der Waals surface area contributed by atoms with Crippen LogP contribution < -0.4 is 4.90 Å². The predicted molar refractivity (Wildman–Crippen MR) is 137 cm³/mol. The summed E-state index contributed by atoms with van der Waals surface area (Å²) in [7, 11) is 0. The van der Waals surface area contributed by atoms with Gasteiger partial charge in [0.2, 0.25) is 0 Å². The van der Waals surface area contributed by atoms with Crippen LogP contribution in [0.15, 0.2) is 47.6 Å². The standard InChI is InChI=1S/C27H32BrN3O2/c1-19-7-12-24-25(17-19)30(22-10-8-20(18-28)9-11-22)27(32)31(23-13-15-33-16-14-23)29-26(24)21-5-3-2-4-6-21/h7-12,17,21,23H,2-6,13-16,18H2,1H3. The topological polar surface area (TPSA) is 45.1 Å². The number of alkyl halides is 1. The summed E-state index contributed by atoms with van der Waals surface area (Å²) in [5.74, 6) is 0.395. The first-order chi connectivity index (χ1) is 16.2. The normalized spacial score (nSPS) is 20.4. The molecule has 1 saturated heterocycles. The smallest absolute Gasteiger partial charge is 0.349 e. The minimum atomic E-state index is -0.0637. The summed E-state index contributed by atoms with van der Waals surface area (Å²) >= 11 is 3.53. The lowest BCUT2D eigenvalue weighted by molar-refractivity contribution is 0.0480. The highest BCUT2D eigenvalue weighted by molar-refractivity contribution is 9.08. The molecule has 2 amide bonds. The molecule has 0 bridgehead atoms. The Hall–Kier alpha value is -2.18. The number of amides is 2. The molecule has 2 aromatic carbocycles. The van der Waals surface area contributed by atoms with Crippen molar-refractivity contribution in [2.24, 2.45) is 11.0 Å². The van der Waals surface area contributed by atoms with E-state index >= 15 is 0 Å². The van der Waals surface area contributed by atoms with Crippen LogP contribution in [0.3, 0.4) is 0 Å².